The van der Waals surface area contributed by atoms with Gasteiger partial charge in [-0.2, -0.15) is 0 Å². The van der Waals surface area contributed by atoms with Gasteiger partial charge in [-0.05, 0) is 12.3 Å². The van der Waals surface area contributed by atoms with E-state index in [-0.39, 0.29) is 0 Å². The summed E-state index contributed by atoms with van der Waals surface area (Å²) in [5.74, 6) is -0.859. The highest BCUT2D eigenvalue weighted by Gasteiger charge is 1.99. The number of carboxylic acid groups (broad SMARTS) is 1. The molecule has 0 amide bonds. The average Bonchev–Trinajstić information content (AvgIpc) is 2.59. The summed E-state index contributed by atoms with van der Waals surface area (Å²) in [5.41, 5.74) is 0. The predicted molar refractivity (Wildman–Crippen MR) is 107 cm³/mol. The predicted octanol–water partition coefficient (Wildman–Crippen LogP) is 6.29. The monoisotopic (exact) mass is 368 g/mol. The third-order valence-corrected chi connectivity index (χ3v) is 4.53. The smallest absolute Gasteiger partial charge is 0.331 e. The second-order valence-corrected chi connectivity index (χ2v) is 7.62. The number of unbranched alkanes of at least 4 members (excludes halogenated alkanes) is 12. The van der Waals surface area contributed by atoms with E-state index in [0.717, 1.165) is 30.9 Å². The summed E-state index contributed by atoms with van der Waals surface area (Å²) in [5, 5.41) is 8.39. The summed E-state index contributed by atoms with van der Waals surface area (Å²) in [4.78, 5) is 21.4. The summed E-state index contributed by atoms with van der Waals surface area (Å²) in [7, 11) is 0. The van der Waals surface area contributed by atoms with E-state index in [4.69, 9.17) is 9.84 Å². The van der Waals surface area contributed by atoms with Crippen LogP contribution in [0.3, 0.4) is 0 Å². The van der Waals surface area contributed by atoms with E-state index >= 15 is 0 Å². The molecular weight excluding hydrogens is 328 g/mol. The van der Waals surface area contributed by atoms with Crippen molar-refractivity contribution in [2.24, 2.45) is 5.92 Å². The molecule has 0 unspecified atom stereocenters. The minimum absolute atomic E-state index is 0.375. The van der Waals surface area contributed by atoms with Crippen LogP contribution < -0.4 is 0 Å². The molecule has 0 heterocycles. The van der Waals surface area contributed by atoms with Gasteiger partial charge in [0, 0.05) is 12.2 Å². The van der Waals surface area contributed by atoms with Gasteiger partial charge < -0.3 is 9.84 Å². The normalized spacial score (nSPS) is 11.3. The molecule has 0 aliphatic heterocycles. The second kappa shape index (κ2) is 18.5. The maximum atomic E-state index is 11.1. The molecule has 0 bridgehead atoms. The number of aliphatic carboxylic acids is 1. The molecule has 0 saturated carbocycles. The van der Waals surface area contributed by atoms with Crippen LogP contribution in [0.5, 0.6) is 0 Å². The van der Waals surface area contributed by atoms with Crippen LogP contribution in [-0.2, 0) is 14.3 Å². The minimum Gasteiger partial charge on any atom is -0.478 e. The zero-order valence-electron chi connectivity index (χ0n) is 17.0. The summed E-state index contributed by atoms with van der Waals surface area (Å²) in [6.07, 6.45) is 19.9. The lowest BCUT2D eigenvalue weighted by molar-refractivity contribution is -0.138. The Morgan fingerprint density at radius 1 is 0.731 bits per heavy atom. The van der Waals surface area contributed by atoms with E-state index in [0.29, 0.717) is 6.61 Å². The molecule has 0 atom stereocenters. The van der Waals surface area contributed by atoms with Gasteiger partial charge in [0.05, 0.1) is 6.61 Å². The summed E-state index contributed by atoms with van der Waals surface area (Å²) in [6.45, 7) is 4.98. The zero-order chi connectivity index (χ0) is 19.5. The van der Waals surface area contributed by atoms with E-state index in [9.17, 15) is 9.59 Å². The lowest BCUT2D eigenvalue weighted by atomic mass is 10.0. The number of rotatable bonds is 18. The van der Waals surface area contributed by atoms with Gasteiger partial charge in [-0.3, -0.25) is 0 Å². The van der Waals surface area contributed by atoms with Crippen LogP contribution in [0, 0.1) is 5.92 Å². The minimum atomic E-state index is -1.14. The standard InChI is InChI=1S/C22H40O4/c1-20(2)16-14-12-10-8-6-4-3-5-7-9-11-13-15-19-26-22(25)18-17-21(23)24/h17-18,20H,3-16,19H2,1-2H3,(H,23,24)/b18-17+. The first-order valence-corrected chi connectivity index (χ1v) is 10.6. The lowest BCUT2D eigenvalue weighted by Gasteiger charge is -2.05. The SMILES string of the molecule is CC(C)CCCCCCCCCCCCCCCOC(=O)/C=C/C(=O)O. The first-order valence-electron chi connectivity index (χ1n) is 10.6. The maximum absolute atomic E-state index is 11.1. The molecule has 1 N–H and O–H groups in total. The van der Waals surface area contributed by atoms with Crippen molar-refractivity contribution in [3.05, 3.63) is 12.2 Å². The Balaban J connectivity index is 3.16. The van der Waals surface area contributed by atoms with Crippen LogP contribution in [0.2, 0.25) is 0 Å². The molecule has 26 heavy (non-hydrogen) atoms. The van der Waals surface area contributed by atoms with E-state index in [1.54, 1.807) is 0 Å². The van der Waals surface area contributed by atoms with E-state index in [1.165, 1.54) is 77.0 Å². The van der Waals surface area contributed by atoms with Gasteiger partial charge in [-0.15, -0.1) is 0 Å². The molecule has 4 nitrogen and oxygen atoms in total. The molecule has 152 valence electrons. The van der Waals surface area contributed by atoms with Crippen LogP contribution in [0.25, 0.3) is 0 Å². The van der Waals surface area contributed by atoms with Crippen molar-refractivity contribution in [3.63, 3.8) is 0 Å². The molecular formula is C22H40O4. The molecule has 0 aromatic heterocycles. The topological polar surface area (TPSA) is 63.6 Å². The first kappa shape index (κ1) is 24.7. The maximum Gasteiger partial charge on any atom is 0.331 e. The highest BCUT2D eigenvalue weighted by molar-refractivity contribution is 5.90. The third-order valence-electron chi connectivity index (χ3n) is 4.53. The van der Waals surface area contributed by atoms with E-state index < -0.39 is 11.9 Å². The van der Waals surface area contributed by atoms with Crippen molar-refractivity contribution in [2.45, 2.75) is 104 Å². The number of hydrogen-bond donors (Lipinski definition) is 1. The Bertz CT molecular complexity index is 374. The Hall–Kier alpha value is -1.32. The van der Waals surface area contributed by atoms with Crippen molar-refractivity contribution in [2.75, 3.05) is 6.61 Å². The number of esters is 1. The van der Waals surface area contributed by atoms with Crippen LogP contribution in [-0.4, -0.2) is 23.7 Å². The van der Waals surface area contributed by atoms with E-state index in [2.05, 4.69) is 13.8 Å². The molecule has 0 aromatic rings. The van der Waals surface area contributed by atoms with Gasteiger partial charge in [0.1, 0.15) is 0 Å². The van der Waals surface area contributed by atoms with Crippen LogP contribution in [0.4, 0.5) is 0 Å². The van der Waals surface area contributed by atoms with Crippen LogP contribution in [0.1, 0.15) is 104 Å². The van der Waals surface area contributed by atoms with Crippen molar-refractivity contribution < 1.29 is 19.4 Å². The molecule has 0 rings (SSSR count). The quantitative estimate of drug-likeness (QED) is 0.175. The van der Waals surface area contributed by atoms with Gasteiger partial charge in [0.15, 0.2) is 0 Å². The fourth-order valence-corrected chi connectivity index (χ4v) is 2.96. The fourth-order valence-electron chi connectivity index (χ4n) is 2.96. The number of hydrogen-bond acceptors (Lipinski definition) is 3. The molecule has 0 aliphatic carbocycles. The molecule has 0 saturated heterocycles. The Kier molecular flexibility index (Phi) is 17.5. The van der Waals surface area contributed by atoms with Crippen molar-refractivity contribution in [3.8, 4) is 0 Å². The van der Waals surface area contributed by atoms with Gasteiger partial charge in [0.25, 0.3) is 0 Å². The molecule has 0 fully saturated rings. The largest absolute Gasteiger partial charge is 0.478 e. The fraction of sp³-hybridized carbons (Fsp3) is 0.818. The van der Waals surface area contributed by atoms with Crippen LogP contribution >= 0.6 is 0 Å². The highest BCUT2D eigenvalue weighted by Crippen LogP contribution is 2.14. The molecule has 0 spiro atoms. The van der Waals surface area contributed by atoms with Crippen molar-refractivity contribution in [1.82, 2.24) is 0 Å². The number of carbonyl (C=O) groups excluding carboxylic acids is 1. The first-order chi connectivity index (χ1) is 12.5. The molecule has 0 radical (unpaired) electrons. The molecule has 0 aliphatic rings. The average molecular weight is 369 g/mol. The van der Waals surface area contributed by atoms with Gasteiger partial charge in [-0.1, -0.05) is 97.3 Å². The van der Waals surface area contributed by atoms with Crippen molar-refractivity contribution >= 4 is 11.9 Å². The number of carboxylic acids is 1. The second-order valence-electron chi connectivity index (χ2n) is 7.62. The summed E-state index contributed by atoms with van der Waals surface area (Å²) in [6, 6.07) is 0. The lowest BCUT2D eigenvalue weighted by Crippen LogP contribution is -2.03. The van der Waals surface area contributed by atoms with Crippen LogP contribution in [0.15, 0.2) is 12.2 Å². The van der Waals surface area contributed by atoms with E-state index in [1.807, 2.05) is 0 Å². The summed E-state index contributed by atoms with van der Waals surface area (Å²) < 4.78 is 4.92. The molecule has 4 heteroatoms. The Morgan fingerprint density at radius 3 is 1.58 bits per heavy atom. The van der Waals surface area contributed by atoms with Gasteiger partial charge in [-0.25, -0.2) is 9.59 Å². The van der Waals surface area contributed by atoms with Crippen molar-refractivity contribution in [1.29, 1.82) is 0 Å². The van der Waals surface area contributed by atoms with Gasteiger partial charge in [0.2, 0.25) is 0 Å². The highest BCUT2D eigenvalue weighted by atomic mass is 16.5. The molecule has 0 aromatic carbocycles. The number of carbonyl (C=O) groups is 2. The zero-order valence-corrected chi connectivity index (χ0v) is 17.0. The third kappa shape index (κ3) is 20.7. The number of ether oxygens (including phenoxy) is 1. The van der Waals surface area contributed by atoms with Gasteiger partial charge >= 0.3 is 11.9 Å². The Labute approximate surface area is 160 Å². The summed E-state index contributed by atoms with van der Waals surface area (Å²) >= 11 is 0. The Morgan fingerprint density at radius 2 is 1.15 bits per heavy atom.